The van der Waals surface area contributed by atoms with Crippen LogP contribution in [0.25, 0.3) is 0 Å². The summed E-state index contributed by atoms with van der Waals surface area (Å²) in [5.74, 6) is -0.714. The molecule has 0 spiro atoms. The minimum atomic E-state index is -0.569. The molecule has 0 radical (unpaired) electrons. The van der Waals surface area contributed by atoms with Gasteiger partial charge in [0, 0.05) is 6.42 Å². The van der Waals surface area contributed by atoms with Crippen molar-refractivity contribution < 1.29 is 19.0 Å². The number of hydrogen-bond donors (Lipinski definition) is 0. The summed E-state index contributed by atoms with van der Waals surface area (Å²) in [6.45, 7) is 6.65. The van der Waals surface area contributed by atoms with Crippen molar-refractivity contribution in [2.24, 2.45) is 0 Å². The molecular weight excluding hydrogens is 400 g/mol. The lowest BCUT2D eigenvalue weighted by atomic mass is 10.1. The fourth-order valence-corrected chi connectivity index (χ4v) is 3.18. The van der Waals surface area contributed by atoms with Gasteiger partial charge in [0.15, 0.2) is 5.79 Å². The summed E-state index contributed by atoms with van der Waals surface area (Å²) in [5.41, 5.74) is 0. The molecule has 0 aromatic rings. The van der Waals surface area contributed by atoms with Gasteiger partial charge in [0.1, 0.15) is 12.7 Å². The van der Waals surface area contributed by atoms with Gasteiger partial charge in [-0.25, -0.2) is 0 Å². The largest absolute Gasteiger partial charge is 0.463 e. The van der Waals surface area contributed by atoms with Gasteiger partial charge in [0.25, 0.3) is 0 Å². The summed E-state index contributed by atoms with van der Waals surface area (Å²) in [6, 6.07) is 0. The number of esters is 1. The zero-order valence-corrected chi connectivity index (χ0v) is 20.5. The van der Waals surface area contributed by atoms with E-state index in [0.29, 0.717) is 13.0 Å². The second-order valence-corrected chi connectivity index (χ2v) is 8.44. The van der Waals surface area contributed by atoms with Crippen LogP contribution in [-0.4, -0.2) is 31.1 Å². The van der Waals surface area contributed by atoms with Crippen LogP contribution in [-0.2, 0) is 19.0 Å². The van der Waals surface area contributed by atoms with Crippen molar-refractivity contribution in [1.29, 1.82) is 0 Å². The van der Waals surface area contributed by atoms with Gasteiger partial charge in [0.2, 0.25) is 0 Å². The molecule has 1 heterocycles. The standard InChI is InChI=1S/C28H44O4/c1-4-5-6-7-8-9-10-11-12-13-14-15-16-17-18-19-20-21-22-23-27(29)30-24-26-25-31-28(2,3)32-26/h5-6,8-9,11-12,14-15,17-18,26H,4,7,10,13,16,19-25H2,1-3H3/b6-5-,9-8-,12-11-,15-14-,18-17-. The summed E-state index contributed by atoms with van der Waals surface area (Å²) in [5, 5.41) is 0. The van der Waals surface area contributed by atoms with Gasteiger partial charge in [-0.3, -0.25) is 4.79 Å². The van der Waals surface area contributed by atoms with E-state index in [2.05, 4.69) is 67.7 Å². The van der Waals surface area contributed by atoms with Crippen LogP contribution in [0.2, 0.25) is 0 Å². The van der Waals surface area contributed by atoms with Crippen molar-refractivity contribution in [3.05, 3.63) is 60.8 Å². The Bertz CT molecular complexity index is 625. The molecule has 1 fully saturated rings. The maximum Gasteiger partial charge on any atom is 0.305 e. The molecular formula is C28H44O4. The molecule has 0 aromatic carbocycles. The number of allylic oxidation sites excluding steroid dienone is 10. The van der Waals surface area contributed by atoms with Crippen molar-refractivity contribution in [3.63, 3.8) is 0 Å². The second-order valence-electron chi connectivity index (χ2n) is 8.44. The van der Waals surface area contributed by atoms with E-state index < -0.39 is 5.79 Å². The zero-order valence-electron chi connectivity index (χ0n) is 20.5. The highest BCUT2D eigenvalue weighted by atomic mass is 16.7. The van der Waals surface area contributed by atoms with Crippen LogP contribution in [0, 0.1) is 0 Å². The lowest BCUT2D eigenvalue weighted by Gasteiger charge is -2.16. The monoisotopic (exact) mass is 444 g/mol. The van der Waals surface area contributed by atoms with E-state index in [1.54, 1.807) is 0 Å². The highest BCUT2D eigenvalue weighted by Crippen LogP contribution is 2.22. The van der Waals surface area contributed by atoms with Crippen LogP contribution in [0.5, 0.6) is 0 Å². The first kappa shape index (κ1) is 28.1. The quantitative estimate of drug-likeness (QED) is 0.133. The van der Waals surface area contributed by atoms with Crippen molar-refractivity contribution >= 4 is 5.97 Å². The number of hydrogen-bond acceptors (Lipinski definition) is 4. The fraction of sp³-hybridized carbons (Fsp3) is 0.607. The highest BCUT2D eigenvalue weighted by Gasteiger charge is 2.33. The summed E-state index contributed by atoms with van der Waals surface area (Å²) in [6.07, 6.45) is 31.7. The third-order valence-electron chi connectivity index (χ3n) is 4.91. The average molecular weight is 445 g/mol. The minimum Gasteiger partial charge on any atom is -0.463 e. The van der Waals surface area contributed by atoms with E-state index in [9.17, 15) is 4.79 Å². The Labute approximate surface area is 196 Å². The molecule has 0 aliphatic carbocycles. The van der Waals surface area contributed by atoms with Gasteiger partial charge < -0.3 is 14.2 Å². The van der Waals surface area contributed by atoms with Crippen LogP contribution in [0.3, 0.4) is 0 Å². The molecule has 1 aliphatic rings. The highest BCUT2D eigenvalue weighted by molar-refractivity contribution is 5.69. The molecule has 0 amide bonds. The minimum absolute atomic E-state index is 0.145. The van der Waals surface area contributed by atoms with E-state index in [1.807, 2.05) is 13.8 Å². The molecule has 0 bridgehead atoms. The van der Waals surface area contributed by atoms with Crippen LogP contribution in [0.15, 0.2) is 60.8 Å². The van der Waals surface area contributed by atoms with Gasteiger partial charge in [-0.1, -0.05) is 74.1 Å². The number of carbonyl (C=O) groups is 1. The van der Waals surface area contributed by atoms with Gasteiger partial charge in [0.05, 0.1) is 6.61 Å². The van der Waals surface area contributed by atoms with Crippen molar-refractivity contribution in [2.75, 3.05) is 13.2 Å². The van der Waals surface area contributed by atoms with Crippen LogP contribution >= 0.6 is 0 Å². The van der Waals surface area contributed by atoms with Crippen molar-refractivity contribution in [3.8, 4) is 0 Å². The van der Waals surface area contributed by atoms with Crippen molar-refractivity contribution in [1.82, 2.24) is 0 Å². The first-order chi connectivity index (χ1) is 15.5. The lowest BCUT2D eigenvalue weighted by molar-refractivity contribution is -0.158. The van der Waals surface area contributed by atoms with Crippen LogP contribution in [0.1, 0.15) is 85.0 Å². The first-order valence-corrected chi connectivity index (χ1v) is 12.3. The zero-order chi connectivity index (χ0) is 23.3. The number of rotatable bonds is 17. The first-order valence-electron chi connectivity index (χ1n) is 12.3. The number of ether oxygens (including phenoxy) is 3. The molecule has 1 atom stereocenters. The third kappa shape index (κ3) is 16.7. The Balaban J connectivity index is 1.89. The normalized spacial score (nSPS) is 18.9. The van der Waals surface area contributed by atoms with Gasteiger partial charge in [-0.2, -0.15) is 0 Å². The molecule has 1 rings (SSSR count). The molecule has 0 N–H and O–H groups in total. The van der Waals surface area contributed by atoms with Crippen molar-refractivity contribution in [2.45, 2.75) is 96.9 Å². The molecule has 0 aromatic heterocycles. The predicted octanol–water partition coefficient (Wildman–Crippen LogP) is 7.38. The van der Waals surface area contributed by atoms with Gasteiger partial charge in [-0.15, -0.1) is 0 Å². The number of carbonyl (C=O) groups excluding carboxylic acids is 1. The molecule has 32 heavy (non-hydrogen) atoms. The molecule has 4 heteroatoms. The van der Waals surface area contributed by atoms with Gasteiger partial charge in [-0.05, 0) is 65.2 Å². The SMILES string of the molecule is CC/C=C\C/C=C\C/C=C\C/C=C\C/C=C\CCCCCC(=O)OCC1COC(C)(C)O1. The smallest absolute Gasteiger partial charge is 0.305 e. The topological polar surface area (TPSA) is 44.8 Å². The van der Waals surface area contributed by atoms with E-state index in [0.717, 1.165) is 57.8 Å². The summed E-state index contributed by atoms with van der Waals surface area (Å²) in [4.78, 5) is 11.8. The predicted molar refractivity (Wildman–Crippen MR) is 133 cm³/mol. The Morgan fingerprint density at radius 1 is 0.844 bits per heavy atom. The second kappa shape index (κ2) is 18.6. The summed E-state index contributed by atoms with van der Waals surface area (Å²) < 4.78 is 16.4. The molecule has 0 saturated carbocycles. The fourth-order valence-electron chi connectivity index (χ4n) is 3.18. The Kier molecular flexibility index (Phi) is 16.4. The molecule has 1 saturated heterocycles. The average Bonchev–Trinajstić information content (AvgIpc) is 3.12. The van der Waals surface area contributed by atoms with Crippen LogP contribution in [0.4, 0.5) is 0 Å². The van der Waals surface area contributed by atoms with Gasteiger partial charge >= 0.3 is 5.97 Å². The molecule has 180 valence electrons. The van der Waals surface area contributed by atoms with Crippen LogP contribution < -0.4 is 0 Å². The van der Waals surface area contributed by atoms with E-state index >= 15 is 0 Å². The summed E-state index contributed by atoms with van der Waals surface area (Å²) in [7, 11) is 0. The van der Waals surface area contributed by atoms with E-state index in [4.69, 9.17) is 14.2 Å². The molecule has 1 unspecified atom stereocenters. The Hall–Kier alpha value is -1.91. The van der Waals surface area contributed by atoms with E-state index in [1.165, 1.54) is 0 Å². The third-order valence-corrected chi connectivity index (χ3v) is 4.91. The number of unbranched alkanes of at least 4 members (excludes halogenated alkanes) is 3. The Morgan fingerprint density at radius 3 is 1.94 bits per heavy atom. The maximum absolute atomic E-state index is 11.8. The summed E-state index contributed by atoms with van der Waals surface area (Å²) >= 11 is 0. The molecule has 4 nitrogen and oxygen atoms in total. The Morgan fingerprint density at radius 2 is 1.41 bits per heavy atom. The lowest BCUT2D eigenvalue weighted by Crippen LogP contribution is -2.25. The maximum atomic E-state index is 11.8. The van der Waals surface area contributed by atoms with E-state index in [-0.39, 0.29) is 18.7 Å². The molecule has 1 aliphatic heterocycles.